The Labute approximate surface area is 170 Å². The van der Waals surface area contributed by atoms with E-state index in [2.05, 4.69) is 9.88 Å². The number of hydrogen-bond acceptors (Lipinski definition) is 3. The fraction of sp³-hybridized carbons (Fsp3) is 0.591. The molecule has 3 heterocycles. The Balaban J connectivity index is 1.32. The molecule has 158 valence electrons. The van der Waals surface area contributed by atoms with E-state index in [-0.39, 0.29) is 31.8 Å². The standard InChI is InChI=1S/C22H29F2N3O2/c23-22(24)7-12-27(13-8-22)21(28)20-15-17-5-6-18(16-19(17)25-20)29-14-4-11-26-9-2-1-3-10-26/h5-6,15-16,25H,1-4,7-14H2. The van der Waals surface area contributed by atoms with Gasteiger partial charge >= 0.3 is 0 Å². The predicted molar refractivity (Wildman–Crippen MR) is 109 cm³/mol. The second kappa shape index (κ2) is 8.69. The third-order valence-electron chi connectivity index (χ3n) is 5.94. The fourth-order valence-corrected chi connectivity index (χ4v) is 4.18. The fourth-order valence-electron chi connectivity index (χ4n) is 4.18. The van der Waals surface area contributed by atoms with Crippen LogP contribution in [0.15, 0.2) is 24.3 Å². The summed E-state index contributed by atoms with van der Waals surface area (Å²) in [6.45, 7) is 4.30. The molecule has 2 fully saturated rings. The lowest BCUT2D eigenvalue weighted by atomic mass is 10.1. The van der Waals surface area contributed by atoms with Crippen LogP contribution in [-0.2, 0) is 0 Å². The molecule has 4 rings (SSSR count). The quantitative estimate of drug-likeness (QED) is 0.730. The van der Waals surface area contributed by atoms with E-state index in [0.717, 1.165) is 29.6 Å². The minimum atomic E-state index is -2.66. The zero-order chi connectivity index (χ0) is 20.3. The van der Waals surface area contributed by atoms with Gasteiger partial charge in [0.05, 0.1) is 6.61 Å². The molecule has 0 atom stereocenters. The average Bonchev–Trinajstić information content (AvgIpc) is 3.15. The molecule has 0 spiro atoms. The number of H-pyrrole nitrogens is 1. The molecule has 2 aliphatic heterocycles. The lowest BCUT2D eigenvalue weighted by Crippen LogP contribution is -2.42. The van der Waals surface area contributed by atoms with Gasteiger partial charge in [-0.25, -0.2) is 8.78 Å². The molecular formula is C22H29F2N3O2. The zero-order valence-corrected chi connectivity index (χ0v) is 16.8. The van der Waals surface area contributed by atoms with Crippen molar-refractivity contribution in [1.82, 2.24) is 14.8 Å². The summed E-state index contributed by atoms with van der Waals surface area (Å²) in [5.74, 6) is -2.10. The largest absolute Gasteiger partial charge is 0.493 e. The van der Waals surface area contributed by atoms with Gasteiger partial charge in [-0.05, 0) is 50.6 Å². The molecule has 0 bridgehead atoms. The van der Waals surface area contributed by atoms with Gasteiger partial charge < -0.3 is 19.5 Å². The number of amides is 1. The first-order valence-corrected chi connectivity index (χ1v) is 10.7. The molecule has 1 aromatic heterocycles. The van der Waals surface area contributed by atoms with Gasteiger partial charge in [-0.2, -0.15) is 0 Å². The van der Waals surface area contributed by atoms with Gasteiger partial charge in [0, 0.05) is 49.4 Å². The second-order valence-electron chi connectivity index (χ2n) is 8.18. The van der Waals surface area contributed by atoms with Crippen molar-refractivity contribution in [3.63, 3.8) is 0 Å². The smallest absolute Gasteiger partial charge is 0.270 e. The highest BCUT2D eigenvalue weighted by atomic mass is 19.3. The first kappa shape index (κ1) is 20.1. The molecule has 0 saturated carbocycles. The number of nitrogens with zero attached hydrogens (tertiary/aromatic N) is 2. The number of piperidine rings is 2. The third-order valence-corrected chi connectivity index (χ3v) is 5.94. The van der Waals surface area contributed by atoms with Crippen molar-refractivity contribution in [2.75, 3.05) is 39.3 Å². The summed E-state index contributed by atoms with van der Waals surface area (Å²) in [5.41, 5.74) is 1.26. The van der Waals surface area contributed by atoms with Crippen LogP contribution in [0, 0.1) is 0 Å². The number of fused-ring (bicyclic) bond motifs is 1. The van der Waals surface area contributed by atoms with E-state index in [1.54, 1.807) is 6.07 Å². The van der Waals surface area contributed by atoms with Crippen LogP contribution >= 0.6 is 0 Å². The number of halogens is 2. The summed E-state index contributed by atoms with van der Waals surface area (Å²) in [4.78, 5) is 19.8. The summed E-state index contributed by atoms with van der Waals surface area (Å²) in [6.07, 6.45) is 4.39. The molecule has 2 aromatic rings. The third kappa shape index (κ3) is 5.07. The minimum Gasteiger partial charge on any atom is -0.493 e. The molecule has 0 aliphatic carbocycles. The van der Waals surface area contributed by atoms with E-state index >= 15 is 0 Å². The number of ether oxygens (including phenoxy) is 1. The molecule has 29 heavy (non-hydrogen) atoms. The molecule has 0 radical (unpaired) electrons. The van der Waals surface area contributed by atoms with E-state index in [1.807, 2.05) is 18.2 Å². The van der Waals surface area contributed by atoms with Crippen molar-refractivity contribution < 1.29 is 18.3 Å². The van der Waals surface area contributed by atoms with Crippen molar-refractivity contribution in [3.8, 4) is 5.75 Å². The number of likely N-dealkylation sites (tertiary alicyclic amines) is 2. The number of alkyl halides is 2. The lowest BCUT2D eigenvalue weighted by Gasteiger charge is -2.31. The molecule has 1 amide bonds. The lowest BCUT2D eigenvalue weighted by molar-refractivity contribution is -0.0495. The molecule has 1 N–H and O–H groups in total. The Kier molecular flexibility index (Phi) is 6.04. The Bertz CT molecular complexity index is 836. The maximum Gasteiger partial charge on any atom is 0.270 e. The zero-order valence-electron chi connectivity index (χ0n) is 16.8. The van der Waals surface area contributed by atoms with Gasteiger partial charge in [0.25, 0.3) is 11.8 Å². The highest BCUT2D eigenvalue weighted by Crippen LogP contribution is 2.29. The van der Waals surface area contributed by atoms with Crippen LogP contribution in [0.4, 0.5) is 8.78 Å². The van der Waals surface area contributed by atoms with E-state index in [1.165, 1.54) is 37.3 Å². The monoisotopic (exact) mass is 405 g/mol. The molecule has 7 heteroatoms. The van der Waals surface area contributed by atoms with Crippen LogP contribution in [0.1, 0.15) is 49.0 Å². The number of hydrogen-bond donors (Lipinski definition) is 1. The van der Waals surface area contributed by atoms with Gasteiger partial charge in [0.15, 0.2) is 0 Å². The average molecular weight is 405 g/mol. The van der Waals surface area contributed by atoms with Crippen molar-refractivity contribution >= 4 is 16.8 Å². The molecule has 0 unspecified atom stereocenters. The van der Waals surface area contributed by atoms with Gasteiger partial charge in [0.1, 0.15) is 11.4 Å². The highest BCUT2D eigenvalue weighted by molar-refractivity contribution is 5.98. The van der Waals surface area contributed by atoms with E-state index < -0.39 is 5.92 Å². The molecule has 2 aliphatic rings. The highest BCUT2D eigenvalue weighted by Gasteiger charge is 2.36. The van der Waals surface area contributed by atoms with Crippen LogP contribution in [0.5, 0.6) is 5.75 Å². The first-order valence-electron chi connectivity index (χ1n) is 10.7. The van der Waals surface area contributed by atoms with Gasteiger partial charge in [0.2, 0.25) is 0 Å². The number of aromatic nitrogens is 1. The topological polar surface area (TPSA) is 48.6 Å². The number of rotatable bonds is 6. The van der Waals surface area contributed by atoms with Gasteiger partial charge in [-0.1, -0.05) is 6.42 Å². The number of aromatic amines is 1. The van der Waals surface area contributed by atoms with E-state index in [9.17, 15) is 13.6 Å². The summed E-state index contributed by atoms with van der Waals surface area (Å²) >= 11 is 0. The van der Waals surface area contributed by atoms with Gasteiger partial charge in [-0.15, -0.1) is 0 Å². The van der Waals surface area contributed by atoms with E-state index in [0.29, 0.717) is 12.3 Å². The predicted octanol–water partition coefficient (Wildman–Crippen LogP) is 4.29. The van der Waals surface area contributed by atoms with Crippen LogP contribution in [0.2, 0.25) is 0 Å². The second-order valence-corrected chi connectivity index (χ2v) is 8.18. The Morgan fingerprint density at radius 2 is 1.83 bits per heavy atom. The Morgan fingerprint density at radius 3 is 2.59 bits per heavy atom. The number of carbonyl (C=O) groups is 1. The summed E-state index contributed by atoms with van der Waals surface area (Å²) in [7, 11) is 0. The SMILES string of the molecule is O=C(c1cc2ccc(OCCCN3CCCCC3)cc2[nH]1)N1CCC(F)(F)CC1. The first-order chi connectivity index (χ1) is 14.0. The summed E-state index contributed by atoms with van der Waals surface area (Å²) < 4.78 is 32.5. The molecule has 2 saturated heterocycles. The van der Waals surface area contributed by atoms with Crippen molar-refractivity contribution in [3.05, 3.63) is 30.0 Å². The van der Waals surface area contributed by atoms with E-state index in [4.69, 9.17) is 4.74 Å². The number of nitrogens with one attached hydrogen (secondary N) is 1. The van der Waals surface area contributed by atoms with Crippen molar-refractivity contribution in [2.24, 2.45) is 0 Å². The molecule has 5 nitrogen and oxygen atoms in total. The minimum absolute atomic E-state index is 0.0899. The van der Waals surface area contributed by atoms with Crippen LogP contribution < -0.4 is 4.74 Å². The van der Waals surface area contributed by atoms with Crippen LogP contribution in [-0.4, -0.2) is 65.9 Å². The summed E-state index contributed by atoms with van der Waals surface area (Å²) in [5, 5.41) is 0.913. The molecular weight excluding hydrogens is 376 g/mol. The van der Waals surface area contributed by atoms with Crippen molar-refractivity contribution in [2.45, 2.75) is 44.4 Å². The van der Waals surface area contributed by atoms with Crippen molar-refractivity contribution in [1.29, 1.82) is 0 Å². The normalized spacial score (nSPS) is 20.1. The molecule has 1 aromatic carbocycles. The Morgan fingerprint density at radius 1 is 1.07 bits per heavy atom. The number of carbonyl (C=O) groups excluding carboxylic acids is 1. The Hall–Kier alpha value is -2.15. The summed E-state index contributed by atoms with van der Waals surface area (Å²) in [6, 6.07) is 7.52. The van der Waals surface area contributed by atoms with Crippen LogP contribution in [0.25, 0.3) is 10.9 Å². The maximum atomic E-state index is 13.3. The van der Waals surface area contributed by atoms with Gasteiger partial charge in [-0.3, -0.25) is 4.79 Å². The van der Waals surface area contributed by atoms with Crippen LogP contribution in [0.3, 0.4) is 0 Å². The number of benzene rings is 1. The maximum absolute atomic E-state index is 13.3.